The van der Waals surface area contributed by atoms with Crippen LogP contribution in [0.3, 0.4) is 0 Å². The molecule has 0 aromatic heterocycles. The van der Waals surface area contributed by atoms with E-state index in [1.807, 2.05) is 11.8 Å². The minimum atomic E-state index is -0.145. The molecule has 1 aromatic rings. The van der Waals surface area contributed by atoms with E-state index < -0.39 is 0 Å². The lowest BCUT2D eigenvalue weighted by atomic mass is 9.87. The minimum Gasteiger partial charge on any atom is -0.450 e. The molecule has 2 unspecified atom stereocenters. The zero-order valence-electron chi connectivity index (χ0n) is 15.2. The summed E-state index contributed by atoms with van der Waals surface area (Å²) >= 11 is 5.84. The second-order valence-corrected chi connectivity index (χ2v) is 7.67. The van der Waals surface area contributed by atoms with Gasteiger partial charge in [-0.2, -0.15) is 0 Å². The lowest BCUT2D eigenvalue weighted by Crippen LogP contribution is -2.46. The largest absolute Gasteiger partial charge is 0.450 e. The number of carbonyl (C=O) groups excluding carboxylic acids is 2. The normalized spacial score (nSPS) is 24.4. The van der Waals surface area contributed by atoms with E-state index in [4.69, 9.17) is 16.3 Å². The van der Waals surface area contributed by atoms with Crippen molar-refractivity contribution in [3.63, 3.8) is 0 Å². The monoisotopic (exact) mass is 378 g/mol. The Morgan fingerprint density at radius 1 is 1.19 bits per heavy atom. The maximum atomic E-state index is 12.1. The van der Waals surface area contributed by atoms with Crippen LogP contribution >= 0.6 is 11.6 Å². The van der Waals surface area contributed by atoms with E-state index in [1.165, 1.54) is 0 Å². The van der Waals surface area contributed by atoms with Gasteiger partial charge in [0.2, 0.25) is 0 Å². The summed E-state index contributed by atoms with van der Waals surface area (Å²) in [6.07, 6.45) is 6.20. The van der Waals surface area contributed by atoms with Gasteiger partial charge < -0.3 is 15.0 Å². The van der Waals surface area contributed by atoms with Gasteiger partial charge in [-0.05, 0) is 75.6 Å². The van der Waals surface area contributed by atoms with E-state index >= 15 is 0 Å². The first-order chi connectivity index (χ1) is 12.6. The van der Waals surface area contributed by atoms with Crippen LogP contribution in [0.5, 0.6) is 0 Å². The molecular weight excluding hydrogens is 352 g/mol. The first-order valence-corrected chi connectivity index (χ1v) is 9.95. The van der Waals surface area contributed by atoms with Gasteiger partial charge in [0.05, 0.1) is 6.61 Å². The molecule has 6 heteroatoms. The van der Waals surface area contributed by atoms with Crippen LogP contribution in [0.2, 0.25) is 5.02 Å². The van der Waals surface area contributed by atoms with Crippen LogP contribution in [0.4, 0.5) is 4.79 Å². The molecule has 2 fully saturated rings. The van der Waals surface area contributed by atoms with Gasteiger partial charge in [-0.1, -0.05) is 11.6 Å². The molecule has 2 amide bonds. The van der Waals surface area contributed by atoms with Crippen LogP contribution < -0.4 is 5.32 Å². The van der Waals surface area contributed by atoms with Crippen molar-refractivity contribution in [2.75, 3.05) is 13.2 Å². The molecule has 2 saturated heterocycles. The Balaban J connectivity index is 1.39. The van der Waals surface area contributed by atoms with Gasteiger partial charge in [-0.15, -0.1) is 0 Å². The summed E-state index contributed by atoms with van der Waals surface area (Å²) in [7, 11) is 0. The van der Waals surface area contributed by atoms with Crippen molar-refractivity contribution in [3.05, 3.63) is 34.9 Å². The molecule has 5 nitrogen and oxygen atoms in total. The molecule has 142 valence electrons. The number of fused-ring (bicyclic) bond motifs is 2. The Bertz CT molecular complexity index is 620. The SMILES string of the molecule is CCOC(=O)N1C2CCC1CC(CCCNC(=O)c1ccc(Cl)cc1)C2. The van der Waals surface area contributed by atoms with E-state index in [0.717, 1.165) is 38.5 Å². The third-order valence-corrected chi connectivity index (χ3v) is 5.74. The number of benzene rings is 1. The van der Waals surface area contributed by atoms with Gasteiger partial charge in [0, 0.05) is 29.2 Å². The maximum absolute atomic E-state index is 12.1. The lowest BCUT2D eigenvalue weighted by molar-refractivity contribution is 0.0588. The molecule has 1 aromatic carbocycles. The van der Waals surface area contributed by atoms with Crippen LogP contribution in [0.15, 0.2) is 24.3 Å². The molecule has 0 spiro atoms. The minimum absolute atomic E-state index is 0.0566. The van der Waals surface area contributed by atoms with Gasteiger partial charge >= 0.3 is 6.09 Å². The summed E-state index contributed by atoms with van der Waals surface area (Å²) in [5, 5.41) is 3.60. The quantitative estimate of drug-likeness (QED) is 0.753. The maximum Gasteiger partial charge on any atom is 0.410 e. The molecular formula is C20H27ClN2O3. The van der Waals surface area contributed by atoms with Crippen LogP contribution in [0, 0.1) is 5.92 Å². The zero-order chi connectivity index (χ0) is 18.5. The number of nitrogens with zero attached hydrogens (tertiary/aromatic N) is 1. The Kier molecular flexibility index (Phi) is 6.41. The van der Waals surface area contributed by atoms with Crippen LogP contribution in [0.25, 0.3) is 0 Å². The highest BCUT2D eigenvalue weighted by Crippen LogP contribution is 2.40. The topological polar surface area (TPSA) is 58.6 Å². The Morgan fingerprint density at radius 2 is 1.85 bits per heavy atom. The number of ether oxygens (including phenoxy) is 1. The van der Waals surface area contributed by atoms with E-state index in [-0.39, 0.29) is 12.0 Å². The fourth-order valence-electron chi connectivity index (χ4n) is 4.32. The molecule has 2 aliphatic heterocycles. The molecule has 2 bridgehead atoms. The molecule has 0 saturated carbocycles. The Morgan fingerprint density at radius 3 is 2.46 bits per heavy atom. The van der Waals surface area contributed by atoms with Crippen molar-refractivity contribution in [3.8, 4) is 0 Å². The lowest BCUT2D eigenvalue weighted by Gasteiger charge is -2.38. The Hall–Kier alpha value is -1.75. The number of halogens is 1. The fraction of sp³-hybridized carbons (Fsp3) is 0.600. The number of hydrogen-bond acceptors (Lipinski definition) is 3. The van der Waals surface area contributed by atoms with Gasteiger partial charge in [0.1, 0.15) is 0 Å². The van der Waals surface area contributed by atoms with Crippen LogP contribution in [-0.2, 0) is 4.74 Å². The van der Waals surface area contributed by atoms with Crippen LogP contribution in [-0.4, -0.2) is 42.1 Å². The van der Waals surface area contributed by atoms with E-state index in [0.29, 0.717) is 41.7 Å². The molecule has 2 atom stereocenters. The average Bonchev–Trinajstić information content (AvgIpc) is 2.90. The summed E-state index contributed by atoms with van der Waals surface area (Å²) < 4.78 is 5.20. The second kappa shape index (κ2) is 8.76. The average molecular weight is 379 g/mol. The van der Waals surface area contributed by atoms with Gasteiger partial charge in [0.15, 0.2) is 0 Å². The number of nitrogens with one attached hydrogen (secondary N) is 1. The predicted molar refractivity (Wildman–Crippen MR) is 101 cm³/mol. The standard InChI is InChI=1S/C20H27ClN2O3/c1-2-26-20(25)23-17-9-10-18(23)13-14(12-17)4-3-11-22-19(24)15-5-7-16(21)8-6-15/h5-8,14,17-18H,2-4,9-13H2,1H3,(H,22,24). The summed E-state index contributed by atoms with van der Waals surface area (Å²) in [4.78, 5) is 26.2. The van der Waals surface area contributed by atoms with Crippen molar-refractivity contribution >= 4 is 23.6 Å². The van der Waals surface area contributed by atoms with Crippen LogP contribution in [0.1, 0.15) is 55.8 Å². The van der Waals surface area contributed by atoms with Crippen molar-refractivity contribution in [1.82, 2.24) is 10.2 Å². The summed E-state index contributed by atoms with van der Waals surface area (Å²) in [6.45, 7) is 2.96. The molecule has 2 aliphatic rings. The summed E-state index contributed by atoms with van der Waals surface area (Å²) in [5.74, 6) is 0.574. The first-order valence-electron chi connectivity index (χ1n) is 9.57. The zero-order valence-corrected chi connectivity index (χ0v) is 16.0. The molecule has 0 aliphatic carbocycles. The van der Waals surface area contributed by atoms with Gasteiger partial charge in [0.25, 0.3) is 5.91 Å². The fourth-order valence-corrected chi connectivity index (χ4v) is 4.44. The number of rotatable bonds is 6. The van der Waals surface area contributed by atoms with E-state index in [1.54, 1.807) is 24.3 Å². The third-order valence-electron chi connectivity index (χ3n) is 5.49. The highest BCUT2D eigenvalue weighted by Gasteiger charge is 2.43. The molecule has 3 rings (SSSR count). The van der Waals surface area contributed by atoms with Crippen molar-refractivity contribution in [1.29, 1.82) is 0 Å². The number of amides is 2. The molecule has 2 heterocycles. The molecule has 1 N–H and O–H groups in total. The molecule has 0 radical (unpaired) electrons. The van der Waals surface area contributed by atoms with E-state index in [9.17, 15) is 9.59 Å². The van der Waals surface area contributed by atoms with Gasteiger partial charge in [-0.25, -0.2) is 4.79 Å². The number of hydrogen-bond donors (Lipinski definition) is 1. The molecule has 26 heavy (non-hydrogen) atoms. The second-order valence-electron chi connectivity index (χ2n) is 7.23. The van der Waals surface area contributed by atoms with Crippen molar-refractivity contribution in [2.24, 2.45) is 5.92 Å². The summed E-state index contributed by atoms with van der Waals surface area (Å²) in [5.41, 5.74) is 0.634. The number of carbonyl (C=O) groups is 2. The highest BCUT2D eigenvalue weighted by molar-refractivity contribution is 6.30. The smallest absolute Gasteiger partial charge is 0.410 e. The Labute approximate surface area is 160 Å². The van der Waals surface area contributed by atoms with Gasteiger partial charge in [-0.3, -0.25) is 4.79 Å². The van der Waals surface area contributed by atoms with Crippen molar-refractivity contribution < 1.29 is 14.3 Å². The summed E-state index contributed by atoms with van der Waals surface area (Å²) in [6, 6.07) is 7.59. The number of piperidine rings is 1. The third kappa shape index (κ3) is 4.50. The predicted octanol–water partition coefficient (Wildman–Crippen LogP) is 4.25. The first kappa shape index (κ1) is 19.0. The van der Waals surface area contributed by atoms with E-state index in [2.05, 4.69) is 5.32 Å². The highest BCUT2D eigenvalue weighted by atomic mass is 35.5. The van der Waals surface area contributed by atoms with Crippen molar-refractivity contribution in [2.45, 2.75) is 57.5 Å².